The van der Waals surface area contributed by atoms with Gasteiger partial charge in [0.25, 0.3) is 0 Å². The molecule has 0 unspecified atom stereocenters. The van der Waals surface area contributed by atoms with Gasteiger partial charge < -0.3 is 15.0 Å². The van der Waals surface area contributed by atoms with Crippen molar-refractivity contribution in [3.05, 3.63) is 60.4 Å². The summed E-state index contributed by atoms with van der Waals surface area (Å²) in [4.78, 5) is 7.47. The first-order valence-electron chi connectivity index (χ1n) is 7.50. The zero-order valence-electron chi connectivity index (χ0n) is 13.2. The van der Waals surface area contributed by atoms with Crippen LogP contribution in [0.5, 0.6) is 5.75 Å². The van der Waals surface area contributed by atoms with E-state index >= 15 is 0 Å². The van der Waals surface area contributed by atoms with Gasteiger partial charge in [0, 0.05) is 12.4 Å². The minimum atomic E-state index is 0.894. The molecule has 1 aromatic carbocycles. The van der Waals surface area contributed by atoms with Crippen LogP contribution in [0.1, 0.15) is 12.0 Å². The van der Waals surface area contributed by atoms with Crippen molar-refractivity contribution in [1.82, 2.24) is 15.3 Å². The molecule has 0 atom stereocenters. The summed E-state index contributed by atoms with van der Waals surface area (Å²) in [5.74, 6) is 0.894. The van der Waals surface area contributed by atoms with Crippen molar-refractivity contribution < 1.29 is 4.74 Å². The summed E-state index contributed by atoms with van der Waals surface area (Å²) in [6.45, 7) is 1.02. The molecule has 3 rings (SSSR count). The van der Waals surface area contributed by atoms with Crippen LogP contribution in [0.4, 0.5) is 0 Å². The quantitative estimate of drug-likeness (QED) is 0.710. The van der Waals surface area contributed by atoms with E-state index in [1.165, 1.54) is 5.56 Å². The summed E-state index contributed by atoms with van der Waals surface area (Å²) in [6.07, 6.45) is 5.93. The van der Waals surface area contributed by atoms with Crippen molar-refractivity contribution in [2.24, 2.45) is 0 Å². The minimum Gasteiger partial charge on any atom is -0.496 e. The zero-order valence-corrected chi connectivity index (χ0v) is 13.2. The Morgan fingerprint density at radius 1 is 1.14 bits per heavy atom. The topological polar surface area (TPSA) is 49.9 Å². The second-order valence-electron chi connectivity index (χ2n) is 4.91. The highest BCUT2D eigenvalue weighted by molar-refractivity contribution is 5.86. The van der Waals surface area contributed by atoms with Gasteiger partial charge in [0.05, 0.1) is 12.5 Å². The largest absolute Gasteiger partial charge is 0.496 e. The number of hydrogen-bond donors (Lipinski definition) is 2. The highest BCUT2D eigenvalue weighted by Gasteiger charge is 2.09. The molecule has 0 saturated heterocycles. The second-order valence-corrected chi connectivity index (χ2v) is 4.91. The fourth-order valence-electron chi connectivity index (χ4n) is 2.30. The highest BCUT2D eigenvalue weighted by Crippen LogP contribution is 2.27. The smallest absolute Gasteiger partial charge is 0.141 e. The van der Waals surface area contributed by atoms with Gasteiger partial charge in [0.15, 0.2) is 0 Å². The molecule has 0 spiro atoms. The van der Waals surface area contributed by atoms with Crippen LogP contribution in [0, 0.1) is 0 Å². The average molecular weight is 297 g/mol. The Kier molecular flexibility index (Phi) is 6.45. The van der Waals surface area contributed by atoms with E-state index in [0.29, 0.717) is 0 Å². The van der Waals surface area contributed by atoms with Crippen molar-refractivity contribution in [3.8, 4) is 5.75 Å². The molecule has 4 nitrogen and oxygen atoms in total. The number of methoxy groups -OCH3 is 1. The lowest BCUT2D eigenvalue weighted by Gasteiger charge is -2.04. The number of aryl methyl sites for hydroxylation is 1. The van der Waals surface area contributed by atoms with Gasteiger partial charge >= 0.3 is 0 Å². The van der Waals surface area contributed by atoms with Gasteiger partial charge in [-0.05, 0) is 38.1 Å². The van der Waals surface area contributed by atoms with E-state index in [9.17, 15) is 0 Å². The molecule has 0 aliphatic carbocycles. The molecule has 116 valence electrons. The number of rotatable bonds is 5. The molecule has 2 N–H and O–H groups in total. The third kappa shape index (κ3) is 4.33. The molecule has 0 amide bonds. The molecule has 2 heterocycles. The molecule has 0 fully saturated rings. The van der Waals surface area contributed by atoms with E-state index in [-0.39, 0.29) is 0 Å². The van der Waals surface area contributed by atoms with Gasteiger partial charge in [-0.3, -0.25) is 0 Å². The molecular weight excluding hydrogens is 274 g/mol. The molecular formula is C18H23N3O. The third-order valence-electron chi connectivity index (χ3n) is 3.38. The Bertz CT molecular complexity index is 638. The van der Waals surface area contributed by atoms with Gasteiger partial charge in [-0.25, -0.2) is 4.98 Å². The lowest BCUT2D eigenvalue weighted by Crippen LogP contribution is -2.08. The van der Waals surface area contributed by atoms with Crippen LogP contribution in [0.2, 0.25) is 0 Å². The van der Waals surface area contributed by atoms with Crippen molar-refractivity contribution in [3.63, 3.8) is 0 Å². The molecule has 0 saturated carbocycles. The maximum Gasteiger partial charge on any atom is 0.141 e. The van der Waals surface area contributed by atoms with Crippen LogP contribution in [0.25, 0.3) is 11.0 Å². The fourth-order valence-corrected chi connectivity index (χ4v) is 2.30. The van der Waals surface area contributed by atoms with Crippen LogP contribution < -0.4 is 10.1 Å². The molecule has 2 aromatic heterocycles. The predicted molar refractivity (Wildman–Crippen MR) is 91.3 cm³/mol. The van der Waals surface area contributed by atoms with E-state index in [0.717, 1.165) is 36.2 Å². The standard InChI is InChI=1S/C12H17N3O.C6H6/c1-13-6-3-4-9-8-15-12-11(9)10(16-2)5-7-14-12;1-2-4-6-5-3-1/h5,7-8,13H,3-4,6H2,1-2H3,(H,14,15);1-6H. The van der Waals surface area contributed by atoms with Crippen LogP contribution in [-0.2, 0) is 6.42 Å². The third-order valence-corrected chi connectivity index (χ3v) is 3.38. The number of nitrogens with zero attached hydrogens (tertiary/aromatic N) is 1. The highest BCUT2D eigenvalue weighted by atomic mass is 16.5. The molecule has 3 aromatic rings. The number of H-pyrrole nitrogens is 1. The van der Waals surface area contributed by atoms with Gasteiger partial charge in [0.2, 0.25) is 0 Å². The first-order chi connectivity index (χ1) is 10.9. The first kappa shape index (κ1) is 16.0. The van der Waals surface area contributed by atoms with E-state index < -0.39 is 0 Å². The second kappa shape index (κ2) is 8.85. The van der Waals surface area contributed by atoms with Gasteiger partial charge in [-0.1, -0.05) is 36.4 Å². The van der Waals surface area contributed by atoms with Crippen molar-refractivity contribution >= 4 is 11.0 Å². The summed E-state index contributed by atoms with van der Waals surface area (Å²) >= 11 is 0. The Balaban J connectivity index is 0.000000246. The summed E-state index contributed by atoms with van der Waals surface area (Å²) < 4.78 is 5.36. The van der Waals surface area contributed by atoms with Crippen LogP contribution in [0.15, 0.2) is 54.9 Å². The lowest BCUT2D eigenvalue weighted by molar-refractivity contribution is 0.419. The number of pyridine rings is 1. The van der Waals surface area contributed by atoms with E-state index in [1.807, 2.05) is 55.7 Å². The maximum atomic E-state index is 5.36. The fraction of sp³-hybridized carbons (Fsp3) is 0.278. The molecule has 0 bridgehead atoms. The van der Waals surface area contributed by atoms with E-state index in [4.69, 9.17) is 4.74 Å². The molecule has 4 heteroatoms. The monoisotopic (exact) mass is 297 g/mol. The minimum absolute atomic E-state index is 0.894. The Morgan fingerprint density at radius 3 is 2.41 bits per heavy atom. The molecule has 0 aliphatic rings. The average Bonchev–Trinajstić information content (AvgIpc) is 3.01. The van der Waals surface area contributed by atoms with E-state index in [2.05, 4.69) is 15.3 Å². The number of benzene rings is 1. The number of ether oxygens (including phenoxy) is 1. The normalized spacial score (nSPS) is 10.1. The molecule has 22 heavy (non-hydrogen) atoms. The molecule has 0 radical (unpaired) electrons. The predicted octanol–water partition coefficient (Wildman–Crippen LogP) is 3.41. The van der Waals surface area contributed by atoms with Gasteiger partial charge in [-0.15, -0.1) is 0 Å². The summed E-state index contributed by atoms with van der Waals surface area (Å²) in [6, 6.07) is 13.9. The molecule has 0 aliphatic heterocycles. The van der Waals surface area contributed by atoms with Crippen molar-refractivity contribution in [1.29, 1.82) is 0 Å². The maximum absolute atomic E-state index is 5.36. The lowest BCUT2D eigenvalue weighted by atomic mass is 10.1. The van der Waals surface area contributed by atoms with E-state index in [1.54, 1.807) is 13.3 Å². The summed E-state index contributed by atoms with van der Waals surface area (Å²) in [5, 5.41) is 4.26. The number of aromatic nitrogens is 2. The Hall–Kier alpha value is -2.33. The number of aromatic amines is 1. The number of hydrogen-bond acceptors (Lipinski definition) is 3. The van der Waals surface area contributed by atoms with Gasteiger partial charge in [-0.2, -0.15) is 0 Å². The number of nitrogens with one attached hydrogen (secondary N) is 2. The SMILES string of the molecule is CNCCCc1c[nH]c2nccc(OC)c12.c1ccccc1. The Labute approximate surface area is 131 Å². The first-order valence-corrected chi connectivity index (χ1v) is 7.50. The number of fused-ring (bicyclic) bond motifs is 1. The summed E-state index contributed by atoms with van der Waals surface area (Å²) in [5.41, 5.74) is 2.18. The van der Waals surface area contributed by atoms with Gasteiger partial charge in [0.1, 0.15) is 11.4 Å². The summed E-state index contributed by atoms with van der Waals surface area (Å²) in [7, 11) is 3.66. The van der Waals surface area contributed by atoms with Crippen LogP contribution in [-0.4, -0.2) is 30.7 Å². The Morgan fingerprint density at radius 2 is 1.82 bits per heavy atom. The van der Waals surface area contributed by atoms with Crippen LogP contribution in [0.3, 0.4) is 0 Å². The van der Waals surface area contributed by atoms with Crippen molar-refractivity contribution in [2.45, 2.75) is 12.8 Å². The van der Waals surface area contributed by atoms with Crippen LogP contribution >= 0.6 is 0 Å². The van der Waals surface area contributed by atoms with Crippen molar-refractivity contribution in [2.75, 3.05) is 20.7 Å². The zero-order chi connectivity index (χ0) is 15.6.